The first-order valence-electron chi connectivity index (χ1n) is 11.8. The largest absolute Gasteiger partial charge is 0.493 e. The molecule has 0 aliphatic carbocycles. The maximum Gasteiger partial charge on any atom is 0.246 e. The normalized spacial score (nSPS) is 23.7. The van der Waals surface area contributed by atoms with E-state index in [0.717, 1.165) is 0 Å². The quantitative estimate of drug-likeness (QED) is 0.428. The Hall–Kier alpha value is -3.05. The van der Waals surface area contributed by atoms with Gasteiger partial charge in [0.15, 0.2) is 11.5 Å². The number of carbonyl (C=O) groups excluding carboxylic acids is 3. The summed E-state index contributed by atoms with van der Waals surface area (Å²) in [5.41, 5.74) is 11.2. The van der Waals surface area contributed by atoms with Gasteiger partial charge >= 0.3 is 0 Å². The number of amides is 3. The van der Waals surface area contributed by atoms with Crippen molar-refractivity contribution in [3.63, 3.8) is 0 Å². The maximum absolute atomic E-state index is 13.8. The van der Waals surface area contributed by atoms with Crippen LogP contribution in [0.25, 0.3) is 0 Å². The summed E-state index contributed by atoms with van der Waals surface area (Å²) in [4.78, 5) is 42.5. The molecule has 2 aliphatic heterocycles. The lowest BCUT2D eigenvalue weighted by Gasteiger charge is -2.39. The first kappa shape index (κ1) is 26.6. The number of likely N-dealkylation sites (tertiary alicyclic amines) is 2. The van der Waals surface area contributed by atoms with E-state index in [-0.39, 0.29) is 12.3 Å². The first-order chi connectivity index (χ1) is 16.6. The number of ether oxygens (including phenoxy) is 3. The van der Waals surface area contributed by atoms with Gasteiger partial charge in [0, 0.05) is 19.5 Å². The molecule has 0 radical (unpaired) electrons. The third-order valence-corrected chi connectivity index (χ3v) is 7.06. The topological polar surface area (TPSA) is 158 Å². The highest BCUT2D eigenvalue weighted by Crippen LogP contribution is 2.41. The molecule has 5 N–H and O–H groups in total. The molecule has 2 fully saturated rings. The van der Waals surface area contributed by atoms with Crippen molar-refractivity contribution in [1.29, 1.82) is 0 Å². The van der Waals surface area contributed by atoms with Gasteiger partial charge < -0.3 is 40.6 Å². The van der Waals surface area contributed by atoms with Crippen molar-refractivity contribution in [1.82, 2.24) is 9.80 Å². The molecule has 11 heteroatoms. The Morgan fingerprint density at radius 2 is 1.74 bits per heavy atom. The molecule has 3 amide bonds. The second-order valence-electron chi connectivity index (χ2n) is 9.16. The van der Waals surface area contributed by atoms with Gasteiger partial charge in [0.25, 0.3) is 0 Å². The van der Waals surface area contributed by atoms with E-state index in [9.17, 15) is 19.5 Å². The van der Waals surface area contributed by atoms with Crippen molar-refractivity contribution < 1.29 is 33.7 Å². The van der Waals surface area contributed by atoms with E-state index in [1.807, 2.05) is 0 Å². The van der Waals surface area contributed by atoms with Crippen molar-refractivity contribution in [2.24, 2.45) is 11.5 Å². The summed E-state index contributed by atoms with van der Waals surface area (Å²) in [7, 11) is 4.50. The molecule has 2 saturated heterocycles. The van der Waals surface area contributed by atoms with E-state index in [2.05, 4.69) is 0 Å². The second kappa shape index (κ2) is 10.7. The van der Waals surface area contributed by atoms with Crippen LogP contribution in [0.2, 0.25) is 0 Å². The number of aliphatic hydroxyl groups is 1. The van der Waals surface area contributed by atoms with Crippen LogP contribution in [0.3, 0.4) is 0 Å². The Morgan fingerprint density at radius 3 is 2.26 bits per heavy atom. The molecule has 4 atom stereocenters. The monoisotopic (exact) mass is 492 g/mol. The molecule has 0 saturated carbocycles. The number of primary amides is 1. The minimum Gasteiger partial charge on any atom is -0.493 e. The molecule has 35 heavy (non-hydrogen) atoms. The fourth-order valence-corrected chi connectivity index (χ4v) is 5.17. The number of methoxy groups -OCH3 is 3. The van der Waals surface area contributed by atoms with E-state index < -0.39 is 35.5 Å². The predicted octanol–water partition coefficient (Wildman–Crippen LogP) is -0.199. The van der Waals surface area contributed by atoms with Crippen LogP contribution in [-0.2, 0) is 20.8 Å². The van der Waals surface area contributed by atoms with Crippen molar-refractivity contribution in [3.05, 3.63) is 17.7 Å². The summed E-state index contributed by atoms with van der Waals surface area (Å²) in [5, 5.41) is 9.77. The van der Waals surface area contributed by atoms with Gasteiger partial charge in [0.2, 0.25) is 23.5 Å². The van der Waals surface area contributed by atoms with Crippen LogP contribution in [0, 0.1) is 0 Å². The van der Waals surface area contributed by atoms with E-state index in [4.69, 9.17) is 25.7 Å². The van der Waals surface area contributed by atoms with Crippen LogP contribution < -0.4 is 25.7 Å². The lowest BCUT2D eigenvalue weighted by Crippen LogP contribution is -2.62. The predicted molar refractivity (Wildman–Crippen MR) is 127 cm³/mol. The van der Waals surface area contributed by atoms with Gasteiger partial charge in [-0.3, -0.25) is 14.4 Å². The number of hydrogen-bond acceptors (Lipinski definition) is 8. The van der Waals surface area contributed by atoms with Gasteiger partial charge in [0.05, 0.1) is 27.4 Å². The number of aliphatic hydroxyl groups excluding tert-OH is 1. The molecule has 4 unspecified atom stereocenters. The lowest BCUT2D eigenvalue weighted by molar-refractivity contribution is -0.151. The highest BCUT2D eigenvalue weighted by Gasteiger charge is 2.51. The molecule has 1 aromatic carbocycles. The minimum atomic E-state index is -1.27. The number of nitrogens with two attached hydrogens (primary N) is 2. The summed E-state index contributed by atoms with van der Waals surface area (Å²) in [5.74, 6) is -0.162. The average molecular weight is 493 g/mol. The van der Waals surface area contributed by atoms with E-state index in [0.29, 0.717) is 61.6 Å². The standard InChI is InChI=1S/C24H36N4O7/c1-14(29)19(25)22(31)27-9-5-7-16(27)21(30)28-10-6-8-24(28,23(26)32)13-15-11-17(33-2)20(35-4)18(12-15)34-3/h11-12,14,16,19,29H,5-10,13,25H2,1-4H3,(H2,26,32). The van der Waals surface area contributed by atoms with E-state index >= 15 is 0 Å². The van der Waals surface area contributed by atoms with Crippen LogP contribution in [0.1, 0.15) is 38.2 Å². The SMILES string of the molecule is COc1cc(CC2(C(N)=O)CCCN2C(=O)C2CCCN2C(=O)C(N)C(C)O)cc(OC)c1OC. The van der Waals surface area contributed by atoms with Crippen LogP contribution in [0.15, 0.2) is 12.1 Å². The van der Waals surface area contributed by atoms with Gasteiger partial charge in [-0.05, 0) is 50.3 Å². The third kappa shape index (κ3) is 4.87. The summed E-state index contributed by atoms with van der Waals surface area (Å²) >= 11 is 0. The Labute approximate surface area is 205 Å². The first-order valence-corrected chi connectivity index (χ1v) is 11.8. The van der Waals surface area contributed by atoms with Gasteiger partial charge in [-0.1, -0.05) is 0 Å². The molecule has 11 nitrogen and oxygen atoms in total. The molecule has 3 rings (SSSR count). The van der Waals surface area contributed by atoms with Gasteiger partial charge in [0.1, 0.15) is 17.6 Å². The highest BCUT2D eigenvalue weighted by molar-refractivity contribution is 5.95. The molecular weight excluding hydrogens is 456 g/mol. The van der Waals surface area contributed by atoms with Crippen LogP contribution in [0.4, 0.5) is 0 Å². The Balaban J connectivity index is 1.94. The molecular formula is C24H36N4O7. The molecule has 0 aromatic heterocycles. The summed E-state index contributed by atoms with van der Waals surface area (Å²) in [6.07, 6.45) is 1.16. The zero-order valence-corrected chi connectivity index (χ0v) is 20.8. The van der Waals surface area contributed by atoms with Crippen molar-refractivity contribution >= 4 is 17.7 Å². The van der Waals surface area contributed by atoms with Gasteiger partial charge in [-0.15, -0.1) is 0 Å². The molecule has 1 aromatic rings. The Kier molecular flexibility index (Phi) is 8.11. The second-order valence-corrected chi connectivity index (χ2v) is 9.16. The average Bonchev–Trinajstić information content (AvgIpc) is 3.50. The van der Waals surface area contributed by atoms with Crippen molar-refractivity contribution in [2.75, 3.05) is 34.4 Å². The minimum absolute atomic E-state index is 0.151. The Morgan fingerprint density at radius 1 is 1.11 bits per heavy atom. The third-order valence-electron chi connectivity index (χ3n) is 7.06. The van der Waals surface area contributed by atoms with Crippen LogP contribution in [-0.4, -0.2) is 90.8 Å². The number of benzene rings is 1. The smallest absolute Gasteiger partial charge is 0.246 e. The zero-order valence-electron chi connectivity index (χ0n) is 20.8. The Bertz CT molecular complexity index is 944. The molecule has 2 heterocycles. The van der Waals surface area contributed by atoms with Gasteiger partial charge in [-0.25, -0.2) is 0 Å². The summed E-state index contributed by atoms with van der Waals surface area (Å²) in [6, 6.07) is 1.59. The lowest BCUT2D eigenvalue weighted by atomic mass is 9.86. The number of hydrogen-bond donors (Lipinski definition) is 3. The van der Waals surface area contributed by atoms with Crippen molar-refractivity contribution in [3.8, 4) is 17.2 Å². The van der Waals surface area contributed by atoms with Crippen molar-refractivity contribution in [2.45, 2.75) is 62.8 Å². The summed E-state index contributed by atoms with van der Waals surface area (Å²) < 4.78 is 16.3. The molecule has 0 spiro atoms. The maximum atomic E-state index is 13.8. The number of nitrogens with zero attached hydrogens (tertiary/aromatic N) is 2. The number of carbonyl (C=O) groups is 3. The summed E-state index contributed by atoms with van der Waals surface area (Å²) in [6.45, 7) is 2.14. The van der Waals surface area contributed by atoms with E-state index in [1.54, 1.807) is 12.1 Å². The van der Waals surface area contributed by atoms with E-state index in [1.165, 1.54) is 38.1 Å². The molecule has 2 aliphatic rings. The molecule has 0 bridgehead atoms. The fourth-order valence-electron chi connectivity index (χ4n) is 5.17. The zero-order chi connectivity index (χ0) is 25.9. The number of rotatable bonds is 9. The van der Waals surface area contributed by atoms with Gasteiger partial charge in [-0.2, -0.15) is 0 Å². The van der Waals surface area contributed by atoms with Crippen LogP contribution >= 0.6 is 0 Å². The highest BCUT2D eigenvalue weighted by atomic mass is 16.5. The fraction of sp³-hybridized carbons (Fsp3) is 0.625. The van der Waals surface area contributed by atoms with Crippen LogP contribution in [0.5, 0.6) is 17.2 Å². The molecule has 194 valence electrons.